The third-order valence-corrected chi connectivity index (χ3v) is 7.28. The van der Waals surface area contributed by atoms with Crippen LogP contribution in [0.25, 0.3) is 10.2 Å². The van der Waals surface area contributed by atoms with E-state index in [1.807, 2.05) is 4.90 Å². The van der Waals surface area contributed by atoms with Crippen LogP contribution in [0.1, 0.15) is 27.2 Å². The Labute approximate surface area is 183 Å². The largest absolute Gasteiger partial charge is 0.379 e. The summed E-state index contributed by atoms with van der Waals surface area (Å²) in [5.74, 6) is -0.0303. The molecule has 1 aliphatic rings. The fourth-order valence-electron chi connectivity index (χ4n) is 3.60. The zero-order valence-electron chi connectivity index (χ0n) is 16.6. The van der Waals surface area contributed by atoms with Crippen molar-refractivity contribution in [2.24, 2.45) is 0 Å². The first-order valence-electron chi connectivity index (χ1n) is 9.76. The first-order valence-corrected chi connectivity index (χ1v) is 11.8. The molecule has 1 saturated heterocycles. The second kappa shape index (κ2) is 9.10. The fraction of sp³-hybridized carbons (Fsp3) is 0.429. The summed E-state index contributed by atoms with van der Waals surface area (Å²) in [6.45, 7) is 9.21. The number of morpholine rings is 1. The maximum atomic E-state index is 13.3. The summed E-state index contributed by atoms with van der Waals surface area (Å²) in [6, 6.07) is 7.85. The molecule has 1 aromatic carbocycles. The average molecular weight is 450 g/mol. The van der Waals surface area contributed by atoms with Crippen LogP contribution >= 0.6 is 34.3 Å². The third kappa shape index (κ3) is 4.81. The van der Waals surface area contributed by atoms with E-state index in [0.717, 1.165) is 60.2 Å². The van der Waals surface area contributed by atoms with E-state index in [1.165, 1.54) is 16.9 Å². The number of hydrogen-bond donors (Lipinski definition) is 0. The molecule has 1 fully saturated rings. The van der Waals surface area contributed by atoms with Crippen LogP contribution in [-0.2, 0) is 4.74 Å². The number of amides is 1. The van der Waals surface area contributed by atoms with Crippen LogP contribution in [0.4, 0.5) is 5.13 Å². The maximum absolute atomic E-state index is 13.3. The Morgan fingerprint density at radius 2 is 2.03 bits per heavy atom. The van der Waals surface area contributed by atoms with Gasteiger partial charge < -0.3 is 4.74 Å². The minimum Gasteiger partial charge on any atom is -0.379 e. The molecule has 1 amide bonds. The van der Waals surface area contributed by atoms with Crippen molar-refractivity contribution < 1.29 is 9.53 Å². The van der Waals surface area contributed by atoms with Crippen molar-refractivity contribution >= 4 is 55.5 Å². The zero-order valence-corrected chi connectivity index (χ0v) is 19.0. The number of halogens is 1. The summed E-state index contributed by atoms with van der Waals surface area (Å²) in [4.78, 5) is 23.0. The quantitative estimate of drug-likeness (QED) is 0.531. The van der Waals surface area contributed by atoms with Gasteiger partial charge in [0.05, 0.1) is 32.6 Å². The highest BCUT2D eigenvalue weighted by atomic mass is 35.5. The Balaban J connectivity index is 1.58. The minimum atomic E-state index is -0.0303. The van der Waals surface area contributed by atoms with Crippen LogP contribution in [0.5, 0.6) is 0 Å². The predicted octanol–water partition coefficient (Wildman–Crippen LogP) is 5.00. The van der Waals surface area contributed by atoms with Crippen LogP contribution in [0.15, 0.2) is 24.3 Å². The Morgan fingerprint density at radius 1 is 1.24 bits per heavy atom. The summed E-state index contributed by atoms with van der Waals surface area (Å²) in [5, 5.41) is 0.755. The second-order valence-electron chi connectivity index (χ2n) is 7.29. The van der Waals surface area contributed by atoms with Gasteiger partial charge in [-0.3, -0.25) is 14.6 Å². The minimum absolute atomic E-state index is 0.0303. The molecular formula is C21H24ClN3O2S2. The molecular weight excluding hydrogens is 426 g/mol. The van der Waals surface area contributed by atoms with Crippen molar-refractivity contribution in [1.29, 1.82) is 0 Å². The molecule has 0 atom stereocenters. The lowest BCUT2D eigenvalue weighted by Crippen LogP contribution is -2.39. The molecule has 0 bridgehead atoms. The first-order chi connectivity index (χ1) is 14.0. The van der Waals surface area contributed by atoms with Crippen LogP contribution < -0.4 is 4.90 Å². The van der Waals surface area contributed by atoms with E-state index in [1.54, 1.807) is 23.5 Å². The van der Waals surface area contributed by atoms with E-state index in [9.17, 15) is 4.79 Å². The van der Waals surface area contributed by atoms with Gasteiger partial charge in [0.2, 0.25) is 0 Å². The van der Waals surface area contributed by atoms with E-state index in [0.29, 0.717) is 15.8 Å². The van der Waals surface area contributed by atoms with Crippen molar-refractivity contribution in [1.82, 2.24) is 9.88 Å². The number of thiazole rings is 1. The molecule has 29 heavy (non-hydrogen) atoms. The summed E-state index contributed by atoms with van der Waals surface area (Å²) < 4.78 is 7.16. The molecule has 4 rings (SSSR count). The molecule has 2 aromatic heterocycles. The molecule has 3 heterocycles. The molecule has 3 aromatic rings. The summed E-state index contributed by atoms with van der Waals surface area (Å²) in [7, 11) is 0. The van der Waals surface area contributed by atoms with Gasteiger partial charge in [-0.1, -0.05) is 29.0 Å². The number of rotatable bonds is 6. The first kappa shape index (κ1) is 20.8. The highest BCUT2D eigenvalue weighted by molar-refractivity contribution is 7.22. The van der Waals surface area contributed by atoms with Gasteiger partial charge in [-0.15, -0.1) is 11.3 Å². The van der Waals surface area contributed by atoms with Crippen molar-refractivity contribution in [3.05, 3.63) is 44.6 Å². The Morgan fingerprint density at radius 3 is 2.76 bits per heavy atom. The van der Waals surface area contributed by atoms with E-state index >= 15 is 0 Å². The molecule has 154 valence electrons. The van der Waals surface area contributed by atoms with Gasteiger partial charge in [0.15, 0.2) is 5.13 Å². The van der Waals surface area contributed by atoms with Crippen molar-refractivity contribution in [2.45, 2.75) is 20.3 Å². The van der Waals surface area contributed by atoms with Crippen molar-refractivity contribution in [2.75, 3.05) is 44.3 Å². The topological polar surface area (TPSA) is 45.7 Å². The number of ether oxygens (including phenoxy) is 1. The van der Waals surface area contributed by atoms with E-state index < -0.39 is 0 Å². The SMILES string of the molecule is Cc1cc(C)c2nc(N(CCCN3CCOCC3)C(=O)c3ccc(Cl)s3)sc2c1. The lowest BCUT2D eigenvalue weighted by atomic mass is 10.1. The normalized spacial score (nSPS) is 15.1. The molecule has 8 heteroatoms. The summed E-state index contributed by atoms with van der Waals surface area (Å²) in [6.07, 6.45) is 0.888. The maximum Gasteiger partial charge on any atom is 0.270 e. The number of aryl methyl sites for hydroxylation is 2. The summed E-state index contributed by atoms with van der Waals surface area (Å²) >= 11 is 8.98. The van der Waals surface area contributed by atoms with Crippen LogP contribution in [-0.4, -0.2) is 55.2 Å². The number of thiophene rings is 1. The Bertz CT molecular complexity index is 1010. The van der Waals surface area contributed by atoms with Crippen LogP contribution in [0.3, 0.4) is 0 Å². The van der Waals surface area contributed by atoms with Crippen molar-refractivity contribution in [3.8, 4) is 0 Å². The van der Waals surface area contributed by atoms with E-state index in [4.69, 9.17) is 21.3 Å². The molecule has 5 nitrogen and oxygen atoms in total. The molecule has 0 unspecified atom stereocenters. The number of nitrogens with zero attached hydrogens (tertiary/aromatic N) is 3. The van der Waals surface area contributed by atoms with Gasteiger partial charge in [-0.05, 0) is 49.6 Å². The van der Waals surface area contributed by atoms with Gasteiger partial charge in [0.25, 0.3) is 5.91 Å². The molecule has 0 radical (unpaired) electrons. The van der Waals surface area contributed by atoms with E-state index in [2.05, 4.69) is 30.9 Å². The number of aromatic nitrogens is 1. The van der Waals surface area contributed by atoms with Crippen LogP contribution in [0.2, 0.25) is 4.34 Å². The number of carbonyl (C=O) groups excluding carboxylic acids is 1. The average Bonchev–Trinajstić information content (AvgIpc) is 3.32. The highest BCUT2D eigenvalue weighted by Crippen LogP contribution is 2.33. The highest BCUT2D eigenvalue weighted by Gasteiger charge is 2.23. The predicted molar refractivity (Wildman–Crippen MR) is 122 cm³/mol. The molecule has 0 spiro atoms. The van der Waals surface area contributed by atoms with E-state index in [-0.39, 0.29) is 5.91 Å². The van der Waals surface area contributed by atoms with Crippen LogP contribution in [0, 0.1) is 13.8 Å². The van der Waals surface area contributed by atoms with Gasteiger partial charge in [0.1, 0.15) is 0 Å². The Hall–Kier alpha value is -1.51. The van der Waals surface area contributed by atoms with Gasteiger partial charge in [0, 0.05) is 26.2 Å². The number of fused-ring (bicyclic) bond motifs is 1. The third-order valence-electron chi connectivity index (χ3n) is 5.04. The zero-order chi connectivity index (χ0) is 20.4. The smallest absolute Gasteiger partial charge is 0.270 e. The lowest BCUT2D eigenvalue weighted by Gasteiger charge is -2.27. The van der Waals surface area contributed by atoms with Gasteiger partial charge in [-0.25, -0.2) is 4.98 Å². The van der Waals surface area contributed by atoms with Gasteiger partial charge in [-0.2, -0.15) is 0 Å². The molecule has 1 aliphatic heterocycles. The van der Waals surface area contributed by atoms with Crippen molar-refractivity contribution in [3.63, 3.8) is 0 Å². The summed E-state index contributed by atoms with van der Waals surface area (Å²) in [5.41, 5.74) is 3.33. The standard InChI is InChI=1S/C21H24ClN3O2S2/c1-14-12-15(2)19-17(13-14)29-21(23-19)25(20(26)16-4-5-18(22)28-16)7-3-6-24-8-10-27-11-9-24/h4-5,12-13H,3,6-11H2,1-2H3. The monoisotopic (exact) mass is 449 g/mol. The Kier molecular flexibility index (Phi) is 6.51. The second-order valence-corrected chi connectivity index (χ2v) is 10.0. The number of anilines is 1. The number of hydrogen-bond acceptors (Lipinski definition) is 6. The molecule has 0 N–H and O–H groups in total. The molecule has 0 aliphatic carbocycles. The molecule has 0 saturated carbocycles. The number of carbonyl (C=O) groups is 1. The lowest BCUT2D eigenvalue weighted by molar-refractivity contribution is 0.0376. The fourth-order valence-corrected chi connectivity index (χ4v) is 5.76. The van der Waals surface area contributed by atoms with Gasteiger partial charge >= 0.3 is 0 Å². The number of benzene rings is 1.